The quantitative estimate of drug-likeness (QED) is 0.548. The fourth-order valence-electron chi connectivity index (χ4n) is 2.60. The van der Waals surface area contributed by atoms with Crippen LogP contribution in [0.4, 0.5) is 0 Å². The maximum Gasteiger partial charge on any atom is 0.208 e. The Labute approximate surface area is 150 Å². The number of hydrogen-bond donors (Lipinski definition) is 1. The molecule has 124 valence electrons. The van der Waals surface area contributed by atoms with E-state index in [0.29, 0.717) is 0 Å². The lowest BCUT2D eigenvalue weighted by molar-refractivity contribution is 0.884. The fourth-order valence-corrected chi connectivity index (χ4v) is 3.40. The van der Waals surface area contributed by atoms with Crippen molar-refractivity contribution < 1.29 is 0 Å². The van der Waals surface area contributed by atoms with Gasteiger partial charge in [0, 0.05) is 23.1 Å². The molecule has 2 heterocycles. The molecule has 0 saturated carbocycles. The highest BCUT2D eigenvalue weighted by molar-refractivity contribution is 7.98. The smallest absolute Gasteiger partial charge is 0.208 e. The van der Waals surface area contributed by atoms with Gasteiger partial charge in [-0.15, -0.1) is 5.10 Å². The maximum atomic E-state index is 4.82. The summed E-state index contributed by atoms with van der Waals surface area (Å²) in [4.78, 5) is 4.36. The fraction of sp³-hybridized carbons (Fsp3) is 0.105. The summed E-state index contributed by atoms with van der Waals surface area (Å²) in [5.74, 6) is 1.58. The molecule has 0 aliphatic heterocycles. The lowest BCUT2D eigenvalue weighted by Gasteiger charge is -2.01. The van der Waals surface area contributed by atoms with Crippen LogP contribution < -0.4 is 0 Å². The average molecular weight is 347 g/mol. The predicted octanol–water partition coefficient (Wildman–Crippen LogP) is 4.26. The third kappa shape index (κ3) is 3.49. The number of nitrogens with one attached hydrogen (secondary N) is 1. The normalized spacial score (nSPS) is 10.9. The zero-order chi connectivity index (χ0) is 17.1. The third-order valence-electron chi connectivity index (χ3n) is 3.79. The molecule has 4 rings (SSSR count). The highest BCUT2D eigenvalue weighted by Crippen LogP contribution is 2.28. The Hall–Kier alpha value is -2.86. The summed E-state index contributed by atoms with van der Waals surface area (Å²) in [7, 11) is 0. The van der Waals surface area contributed by atoms with Gasteiger partial charge < -0.3 is 0 Å². The molecule has 6 heteroatoms. The van der Waals surface area contributed by atoms with Crippen molar-refractivity contribution in [2.24, 2.45) is 0 Å². The first-order valence-corrected chi connectivity index (χ1v) is 8.99. The predicted molar refractivity (Wildman–Crippen MR) is 99.7 cm³/mol. The largest absolute Gasteiger partial charge is 0.262 e. The van der Waals surface area contributed by atoms with E-state index in [4.69, 9.17) is 5.10 Å². The molecule has 0 spiro atoms. The van der Waals surface area contributed by atoms with Crippen LogP contribution in [0.5, 0.6) is 0 Å². The van der Waals surface area contributed by atoms with E-state index in [2.05, 4.69) is 45.6 Å². The number of rotatable bonds is 5. The van der Waals surface area contributed by atoms with E-state index in [9.17, 15) is 0 Å². The van der Waals surface area contributed by atoms with Crippen LogP contribution in [0.3, 0.4) is 0 Å². The Kier molecular flexibility index (Phi) is 4.35. The molecule has 0 bridgehead atoms. The molecule has 5 nitrogen and oxygen atoms in total. The summed E-state index contributed by atoms with van der Waals surface area (Å²) in [6, 6.07) is 20.4. The van der Waals surface area contributed by atoms with Crippen LogP contribution >= 0.6 is 11.8 Å². The van der Waals surface area contributed by atoms with Crippen LogP contribution in [0, 0.1) is 6.92 Å². The Bertz CT molecular complexity index is 960. The lowest BCUT2D eigenvalue weighted by atomic mass is 10.1. The minimum Gasteiger partial charge on any atom is -0.262 e. The summed E-state index contributed by atoms with van der Waals surface area (Å²) in [5, 5.41) is 12.7. The van der Waals surface area contributed by atoms with Crippen LogP contribution in [0.1, 0.15) is 11.4 Å². The summed E-state index contributed by atoms with van der Waals surface area (Å²) in [6.45, 7) is 1.90. The molecule has 1 N–H and O–H groups in total. The van der Waals surface area contributed by atoms with E-state index >= 15 is 0 Å². The van der Waals surface area contributed by atoms with Crippen LogP contribution in [-0.2, 0) is 5.75 Å². The molecule has 4 aromatic rings. The molecule has 0 radical (unpaired) electrons. The first kappa shape index (κ1) is 15.7. The van der Waals surface area contributed by atoms with Gasteiger partial charge in [0.05, 0.1) is 11.4 Å². The van der Waals surface area contributed by atoms with Crippen molar-refractivity contribution in [3.05, 3.63) is 78.2 Å². The van der Waals surface area contributed by atoms with Gasteiger partial charge >= 0.3 is 0 Å². The Morgan fingerprint density at radius 1 is 1.00 bits per heavy atom. The number of nitrogens with zero attached hydrogens (tertiary/aromatic N) is 4. The minimum atomic E-state index is 0.754. The van der Waals surface area contributed by atoms with Crippen molar-refractivity contribution >= 4 is 11.8 Å². The van der Waals surface area contributed by atoms with E-state index in [1.54, 1.807) is 11.8 Å². The molecule has 0 saturated heterocycles. The highest BCUT2D eigenvalue weighted by Gasteiger charge is 2.13. The van der Waals surface area contributed by atoms with Gasteiger partial charge in [-0.05, 0) is 19.1 Å². The summed E-state index contributed by atoms with van der Waals surface area (Å²) >= 11 is 1.60. The van der Waals surface area contributed by atoms with Crippen molar-refractivity contribution in [2.45, 2.75) is 17.8 Å². The Morgan fingerprint density at radius 2 is 1.72 bits per heavy atom. The van der Waals surface area contributed by atoms with Crippen molar-refractivity contribution in [2.75, 3.05) is 0 Å². The number of para-hydroxylation sites is 1. The van der Waals surface area contributed by atoms with E-state index in [1.807, 2.05) is 48.0 Å². The van der Waals surface area contributed by atoms with Crippen molar-refractivity contribution in [1.29, 1.82) is 0 Å². The monoisotopic (exact) mass is 347 g/mol. The van der Waals surface area contributed by atoms with Crippen LogP contribution in [0.15, 0.2) is 72.0 Å². The SMILES string of the molecule is Cc1nc(SCc2cn(-c3ccccc3)nc2-c2ccccc2)n[nH]1. The van der Waals surface area contributed by atoms with Gasteiger partial charge in [0.1, 0.15) is 5.82 Å². The van der Waals surface area contributed by atoms with E-state index in [-0.39, 0.29) is 0 Å². The summed E-state index contributed by atoms with van der Waals surface area (Å²) < 4.78 is 1.93. The van der Waals surface area contributed by atoms with Crippen LogP contribution in [0.2, 0.25) is 0 Å². The second kappa shape index (κ2) is 6.94. The van der Waals surface area contributed by atoms with Gasteiger partial charge in [0.15, 0.2) is 0 Å². The van der Waals surface area contributed by atoms with E-state index in [0.717, 1.165) is 39.2 Å². The number of aromatic amines is 1. The Balaban J connectivity index is 1.69. The standard InChI is InChI=1S/C19H17N5S/c1-14-20-19(22-21-14)25-13-16-12-24(17-10-6-3-7-11-17)23-18(16)15-8-4-2-5-9-15/h2-12H,13H2,1H3,(H,20,21,22). The second-order valence-corrected chi connectivity index (χ2v) is 6.58. The van der Waals surface area contributed by atoms with Gasteiger partial charge in [-0.3, -0.25) is 5.10 Å². The van der Waals surface area contributed by atoms with E-state index in [1.165, 1.54) is 0 Å². The summed E-state index contributed by atoms with van der Waals surface area (Å²) in [6.07, 6.45) is 2.09. The molecule has 0 aliphatic carbocycles. The zero-order valence-corrected chi connectivity index (χ0v) is 14.6. The van der Waals surface area contributed by atoms with Crippen LogP contribution in [0.25, 0.3) is 16.9 Å². The van der Waals surface area contributed by atoms with Gasteiger partial charge in [-0.2, -0.15) is 5.10 Å². The number of benzene rings is 2. The Morgan fingerprint density at radius 3 is 2.40 bits per heavy atom. The molecule has 0 aliphatic rings. The number of thioether (sulfide) groups is 1. The molecule has 0 fully saturated rings. The first-order valence-electron chi connectivity index (χ1n) is 8.01. The van der Waals surface area contributed by atoms with Crippen molar-refractivity contribution in [1.82, 2.24) is 25.0 Å². The van der Waals surface area contributed by atoms with E-state index < -0.39 is 0 Å². The first-order chi connectivity index (χ1) is 12.3. The molecule has 2 aromatic carbocycles. The van der Waals surface area contributed by atoms with Gasteiger partial charge in [-0.1, -0.05) is 60.3 Å². The zero-order valence-electron chi connectivity index (χ0n) is 13.8. The number of aryl methyl sites for hydroxylation is 1. The van der Waals surface area contributed by atoms with Crippen LogP contribution in [-0.4, -0.2) is 25.0 Å². The number of aromatic nitrogens is 5. The lowest BCUT2D eigenvalue weighted by Crippen LogP contribution is -1.93. The van der Waals surface area contributed by atoms with Gasteiger partial charge in [-0.25, -0.2) is 9.67 Å². The maximum absolute atomic E-state index is 4.82. The molecular formula is C19H17N5S. The minimum absolute atomic E-state index is 0.754. The molecule has 25 heavy (non-hydrogen) atoms. The van der Waals surface area contributed by atoms with Gasteiger partial charge in [0.2, 0.25) is 5.16 Å². The molecule has 0 unspecified atom stereocenters. The number of hydrogen-bond acceptors (Lipinski definition) is 4. The topological polar surface area (TPSA) is 59.4 Å². The average Bonchev–Trinajstić information content (AvgIpc) is 3.28. The molecule has 0 amide bonds. The molecule has 2 aromatic heterocycles. The molecule has 0 atom stereocenters. The van der Waals surface area contributed by atoms with Gasteiger partial charge in [0.25, 0.3) is 0 Å². The van der Waals surface area contributed by atoms with Crippen molar-refractivity contribution in [3.8, 4) is 16.9 Å². The summed E-state index contributed by atoms with van der Waals surface area (Å²) in [5.41, 5.74) is 4.30. The second-order valence-electron chi connectivity index (χ2n) is 5.64. The number of H-pyrrole nitrogens is 1. The molecular weight excluding hydrogens is 330 g/mol. The third-order valence-corrected chi connectivity index (χ3v) is 4.69. The van der Waals surface area contributed by atoms with Crippen molar-refractivity contribution in [3.63, 3.8) is 0 Å². The highest BCUT2D eigenvalue weighted by atomic mass is 32.2.